The Morgan fingerprint density at radius 1 is 1.13 bits per heavy atom. The fraction of sp³-hybridized carbons (Fsp3) is 0.130. The number of carbonyl (C=O) groups is 1. The maximum Gasteiger partial charge on any atom is 0.307 e. The van der Waals surface area contributed by atoms with E-state index < -0.39 is 17.8 Å². The summed E-state index contributed by atoms with van der Waals surface area (Å²) in [6.45, 7) is 0.263. The number of hydrogen-bond donors (Lipinski definition) is 2. The van der Waals surface area contributed by atoms with Crippen LogP contribution >= 0.6 is 0 Å². The molecule has 0 saturated heterocycles. The van der Waals surface area contributed by atoms with Crippen molar-refractivity contribution in [1.82, 2.24) is 4.98 Å². The van der Waals surface area contributed by atoms with Crippen molar-refractivity contribution in [2.24, 2.45) is 5.73 Å². The lowest BCUT2D eigenvalue weighted by Gasteiger charge is -2.12. The van der Waals surface area contributed by atoms with E-state index in [9.17, 15) is 13.6 Å². The SMILES string of the molecule is NCc1cc(-c2cc(COc3cc(F)ccc3CC(=O)O)cc3cc(F)oc23)ccn1. The van der Waals surface area contributed by atoms with Gasteiger partial charge in [-0.25, -0.2) is 4.39 Å². The number of rotatable bonds is 7. The zero-order chi connectivity index (χ0) is 22.0. The molecule has 0 saturated carbocycles. The third kappa shape index (κ3) is 4.54. The lowest BCUT2D eigenvalue weighted by atomic mass is 10.0. The quantitative estimate of drug-likeness (QED) is 0.455. The second-order valence-electron chi connectivity index (χ2n) is 6.96. The minimum atomic E-state index is -1.05. The van der Waals surface area contributed by atoms with Crippen LogP contribution in [-0.4, -0.2) is 16.1 Å². The topological polar surface area (TPSA) is 98.6 Å². The molecule has 158 valence electrons. The molecule has 2 aromatic heterocycles. The van der Waals surface area contributed by atoms with Crippen molar-refractivity contribution >= 4 is 16.9 Å². The monoisotopic (exact) mass is 424 g/mol. The number of carboxylic acids is 1. The van der Waals surface area contributed by atoms with Crippen LogP contribution < -0.4 is 10.5 Å². The third-order valence-electron chi connectivity index (χ3n) is 4.75. The van der Waals surface area contributed by atoms with Gasteiger partial charge in [0.2, 0.25) is 0 Å². The number of furan rings is 1. The predicted molar refractivity (Wildman–Crippen MR) is 109 cm³/mol. The molecule has 0 fully saturated rings. The molecule has 2 heterocycles. The summed E-state index contributed by atoms with van der Waals surface area (Å²) < 4.78 is 38.5. The number of aliphatic carboxylic acids is 1. The number of aromatic nitrogens is 1. The Labute approximate surface area is 175 Å². The lowest BCUT2D eigenvalue weighted by molar-refractivity contribution is -0.136. The highest BCUT2D eigenvalue weighted by molar-refractivity contribution is 5.93. The Bertz CT molecular complexity index is 1270. The Kier molecular flexibility index (Phi) is 5.64. The van der Waals surface area contributed by atoms with Crippen LogP contribution in [0.4, 0.5) is 8.78 Å². The highest BCUT2D eigenvalue weighted by atomic mass is 19.1. The van der Waals surface area contributed by atoms with Crippen LogP contribution in [0.1, 0.15) is 16.8 Å². The van der Waals surface area contributed by atoms with Gasteiger partial charge in [-0.05, 0) is 41.5 Å². The van der Waals surface area contributed by atoms with Gasteiger partial charge in [0.05, 0.1) is 12.1 Å². The molecule has 2 aromatic carbocycles. The van der Waals surface area contributed by atoms with Gasteiger partial charge in [0, 0.05) is 41.4 Å². The summed E-state index contributed by atoms with van der Waals surface area (Å²) in [6.07, 6.45) is 1.31. The Morgan fingerprint density at radius 3 is 2.74 bits per heavy atom. The highest BCUT2D eigenvalue weighted by Gasteiger charge is 2.15. The van der Waals surface area contributed by atoms with Crippen LogP contribution in [0.15, 0.2) is 59.1 Å². The van der Waals surface area contributed by atoms with Crippen molar-refractivity contribution in [3.8, 4) is 16.9 Å². The zero-order valence-electron chi connectivity index (χ0n) is 16.3. The average molecular weight is 424 g/mol. The van der Waals surface area contributed by atoms with E-state index in [-0.39, 0.29) is 25.3 Å². The van der Waals surface area contributed by atoms with Gasteiger partial charge in [0.25, 0.3) is 6.01 Å². The van der Waals surface area contributed by atoms with Gasteiger partial charge in [-0.15, -0.1) is 0 Å². The molecule has 0 bridgehead atoms. The number of nitrogens with zero attached hydrogens (tertiary/aromatic N) is 1. The molecule has 0 atom stereocenters. The summed E-state index contributed by atoms with van der Waals surface area (Å²) in [7, 11) is 0. The summed E-state index contributed by atoms with van der Waals surface area (Å²) in [5, 5.41) is 9.59. The van der Waals surface area contributed by atoms with E-state index in [0.29, 0.717) is 33.4 Å². The molecule has 8 heteroatoms. The summed E-state index contributed by atoms with van der Waals surface area (Å²) in [5.41, 5.74) is 9.10. The Morgan fingerprint density at radius 2 is 1.97 bits per heavy atom. The smallest absolute Gasteiger partial charge is 0.307 e. The van der Waals surface area contributed by atoms with Crippen LogP contribution in [-0.2, 0) is 24.4 Å². The number of nitrogens with two attached hydrogens (primary N) is 1. The molecule has 3 N–H and O–H groups in total. The van der Waals surface area contributed by atoms with Gasteiger partial charge in [-0.3, -0.25) is 9.78 Å². The number of pyridine rings is 1. The minimum absolute atomic E-state index is 0.0145. The van der Waals surface area contributed by atoms with Crippen molar-refractivity contribution in [1.29, 1.82) is 0 Å². The first kappa shape index (κ1) is 20.5. The standard InChI is InChI=1S/C23H18F2N2O4/c24-17-2-1-15(9-22(28)29)20(10-17)30-12-13-5-16-8-21(25)31-23(16)19(6-13)14-3-4-27-18(7-14)11-26/h1-8,10H,9,11-12,26H2,(H,28,29). The van der Waals surface area contributed by atoms with E-state index in [1.807, 2.05) is 0 Å². The number of ether oxygens (including phenoxy) is 1. The molecule has 0 radical (unpaired) electrons. The van der Waals surface area contributed by atoms with Gasteiger partial charge >= 0.3 is 5.97 Å². The molecule has 0 aliphatic rings. The molecule has 0 spiro atoms. The molecule has 0 aliphatic carbocycles. The minimum Gasteiger partial charge on any atom is -0.488 e. The summed E-state index contributed by atoms with van der Waals surface area (Å²) >= 11 is 0. The van der Waals surface area contributed by atoms with E-state index in [1.54, 1.807) is 30.5 Å². The third-order valence-corrected chi connectivity index (χ3v) is 4.75. The van der Waals surface area contributed by atoms with Crippen LogP contribution in [0.5, 0.6) is 5.75 Å². The normalized spacial score (nSPS) is 11.1. The first-order chi connectivity index (χ1) is 14.9. The number of hydrogen-bond acceptors (Lipinski definition) is 5. The molecule has 0 aliphatic heterocycles. The molecule has 4 rings (SSSR count). The highest BCUT2D eigenvalue weighted by Crippen LogP contribution is 2.33. The zero-order valence-corrected chi connectivity index (χ0v) is 16.3. The first-order valence-corrected chi connectivity index (χ1v) is 9.43. The van der Waals surface area contributed by atoms with Crippen molar-refractivity contribution in [2.75, 3.05) is 0 Å². The molecule has 0 unspecified atom stereocenters. The van der Waals surface area contributed by atoms with E-state index in [2.05, 4.69) is 4.98 Å². The maximum absolute atomic E-state index is 13.8. The molecular formula is C23H18F2N2O4. The van der Waals surface area contributed by atoms with Crippen molar-refractivity contribution in [2.45, 2.75) is 19.6 Å². The molecule has 6 nitrogen and oxygen atoms in total. The van der Waals surface area contributed by atoms with E-state index >= 15 is 0 Å². The van der Waals surface area contributed by atoms with Gasteiger partial charge in [0.1, 0.15) is 23.8 Å². The van der Waals surface area contributed by atoms with Crippen molar-refractivity contribution in [3.63, 3.8) is 0 Å². The molecule has 4 aromatic rings. The predicted octanol–water partition coefficient (Wildman–Crippen LogP) is 4.44. The number of fused-ring (bicyclic) bond motifs is 1. The number of halogens is 2. The van der Waals surface area contributed by atoms with Gasteiger partial charge < -0.3 is 20.0 Å². The molecule has 0 amide bonds. The summed E-state index contributed by atoms with van der Waals surface area (Å²) in [6, 6.07) is 11.3. The van der Waals surface area contributed by atoms with Gasteiger partial charge in [-0.1, -0.05) is 6.07 Å². The first-order valence-electron chi connectivity index (χ1n) is 9.43. The van der Waals surface area contributed by atoms with Crippen LogP contribution in [0.2, 0.25) is 0 Å². The Balaban J connectivity index is 1.71. The fourth-order valence-electron chi connectivity index (χ4n) is 3.37. The van der Waals surface area contributed by atoms with Crippen LogP contribution in [0, 0.1) is 11.8 Å². The summed E-state index contributed by atoms with van der Waals surface area (Å²) in [5.74, 6) is -1.46. The van der Waals surface area contributed by atoms with E-state index in [4.69, 9.17) is 20.0 Å². The van der Waals surface area contributed by atoms with Crippen molar-refractivity contribution in [3.05, 3.63) is 83.4 Å². The lowest BCUT2D eigenvalue weighted by Crippen LogP contribution is -2.05. The van der Waals surface area contributed by atoms with Crippen LogP contribution in [0.25, 0.3) is 22.1 Å². The van der Waals surface area contributed by atoms with E-state index in [0.717, 1.165) is 11.6 Å². The maximum atomic E-state index is 13.8. The number of benzene rings is 2. The van der Waals surface area contributed by atoms with Crippen LogP contribution in [0.3, 0.4) is 0 Å². The van der Waals surface area contributed by atoms with Crippen molar-refractivity contribution < 1.29 is 27.8 Å². The van der Waals surface area contributed by atoms with Gasteiger partial charge in [0.15, 0.2) is 0 Å². The largest absolute Gasteiger partial charge is 0.488 e. The molecule has 31 heavy (non-hydrogen) atoms. The van der Waals surface area contributed by atoms with Gasteiger partial charge in [-0.2, -0.15) is 4.39 Å². The fourth-order valence-corrected chi connectivity index (χ4v) is 3.37. The second-order valence-corrected chi connectivity index (χ2v) is 6.96. The molecular weight excluding hydrogens is 406 g/mol. The number of carboxylic acid groups (broad SMARTS) is 1. The van der Waals surface area contributed by atoms with E-state index in [1.165, 1.54) is 18.2 Å². The Hall–Kier alpha value is -3.78. The average Bonchev–Trinajstić information content (AvgIpc) is 3.13. The second kappa shape index (κ2) is 8.53. The summed E-state index contributed by atoms with van der Waals surface area (Å²) in [4.78, 5) is 15.2.